The van der Waals surface area contributed by atoms with Gasteiger partial charge < -0.3 is 15.2 Å². The first-order chi connectivity index (χ1) is 14.7. The van der Waals surface area contributed by atoms with Gasteiger partial charge in [-0.25, -0.2) is 0 Å². The van der Waals surface area contributed by atoms with Crippen LogP contribution in [0.25, 0.3) is 0 Å². The van der Waals surface area contributed by atoms with Gasteiger partial charge in [-0.1, -0.05) is 74.9 Å². The van der Waals surface area contributed by atoms with E-state index >= 15 is 0 Å². The van der Waals surface area contributed by atoms with Gasteiger partial charge in [0.05, 0.1) is 19.2 Å². The van der Waals surface area contributed by atoms with Gasteiger partial charge in [-0.3, -0.25) is 4.90 Å². The van der Waals surface area contributed by atoms with Crippen molar-refractivity contribution in [3.05, 3.63) is 72.4 Å². The number of benzene rings is 1. The second-order valence-electron chi connectivity index (χ2n) is 8.19. The molecular formula is C26H38N2O2. The number of fused-ring (bicyclic) bond motifs is 1. The van der Waals surface area contributed by atoms with Crippen LogP contribution in [-0.2, 0) is 11.2 Å². The molecule has 2 unspecified atom stereocenters. The molecule has 1 aromatic carbocycles. The largest absolute Gasteiger partial charge is 0.394 e. The summed E-state index contributed by atoms with van der Waals surface area (Å²) in [7, 11) is 2.31. The minimum Gasteiger partial charge on any atom is -0.394 e. The van der Waals surface area contributed by atoms with Crippen molar-refractivity contribution in [2.45, 2.75) is 50.6 Å². The standard InChI is InChI=1S/C16H23N.C10H15NO2/c1-17-12-11-13-7-5-6-10-15(13)16(17)14-8-3-2-4-9-14;1-3-5-9(4-2)10(8-13)11-6-7-12/h5-7,10,14,16H,2-4,8-9,11-12H2,1H3;3-5,7,10-11,13H,1-2,6,8H2/b;9-5+. The number of nitrogens with zero attached hydrogens (tertiary/aromatic N) is 1. The molecule has 1 aromatic rings. The number of hydrogen-bond acceptors (Lipinski definition) is 4. The highest BCUT2D eigenvalue weighted by molar-refractivity contribution is 5.52. The van der Waals surface area contributed by atoms with Crippen LogP contribution < -0.4 is 5.32 Å². The van der Waals surface area contributed by atoms with E-state index in [-0.39, 0.29) is 19.2 Å². The molecule has 0 amide bonds. The smallest absolute Gasteiger partial charge is 0.133 e. The molecule has 2 atom stereocenters. The maximum Gasteiger partial charge on any atom is 0.133 e. The molecule has 164 valence electrons. The Labute approximate surface area is 182 Å². The topological polar surface area (TPSA) is 52.6 Å². The molecule has 4 nitrogen and oxygen atoms in total. The van der Waals surface area contributed by atoms with Gasteiger partial charge in [0.25, 0.3) is 0 Å². The number of aldehydes is 1. The number of aliphatic hydroxyl groups is 1. The first kappa shape index (κ1) is 24.3. The van der Waals surface area contributed by atoms with Crippen LogP contribution in [0, 0.1) is 5.92 Å². The molecule has 1 aliphatic carbocycles. The van der Waals surface area contributed by atoms with Crippen LogP contribution in [0.2, 0.25) is 0 Å². The summed E-state index contributed by atoms with van der Waals surface area (Å²) in [4.78, 5) is 12.7. The van der Waals surface area contributed by atoms with Crippen molar-refractivity contribution >= 4 is 6.29 Å². The van der Waals surface area contributed by atoms with E-state index in [9.17, 15) is 4.79 Å². The van der Waals surface area contributed by atoms with Crippen LogP contribution in [0.1, 0.15) is 49.3 Å². The van der Waals surface area contributed by atoms with Gasteiger partial charge in [0.1, 0.15) is 6.29 Å². The van der Waals surface area contributed by atoms with E-state index in [0.29, 0.717) is 6.04 Å². The van der Waals surface area contributed by atoms with Crippen LogP contribution in [0.4, 0.5) is 0 Å². The second kappa shape index (κ2) is 13.3. The van der Waals surface area contributed by atoms with E-state index in [1.807, 2.05) is 0 Å². The number of likely N-dealkylation sites (N-methyl/N-ethyl adjacent to an activating group) is 1. The number of aliphatic hydroxyl groups excluding tert-OH is 1. The van der Waals surface area contributed by atoms with Gasteiger partial charge in [0.2, 0.25) is 0 Å². The van der Waals surface area contributed by atoms with E-state index in [2.05, 4.69) is 54.7 Å². The molecule has 2 aliphatic rings. The molecule has 3 rings (SSSR count). The fourth-order valence-electron chi connectivity index (χ4n) is 4.73. The fraction of sp³-hybridized carbons (Fsp3) is 0.500. The summed E-state index contributed by atoms with van der Waals surface area (Å²) in [6.45, 7) is 8.52. The first-order valence-corrected chi connectivity index (χ1v) is 11.2. The van der Waals surface area contributed by atoms with Crippen molar-refractivity contribution in [1.29, 1.82) is 0 Å². The summed E-state index contributed by atoms with van der Waals surface area (Å²) in [6, 6.07) is 9.55. The highest BCUT2D eigenvalue weighted by Crippen LogP contribution is 2.40. The predicted molar refractivity (Wildman–Crippen MR) is 126 cm³/mol. The minimum atomic E-state index is -0.249. The van der Waals surface area contributed by atoms with E-state index in [1.54, 1.807) is 29.4 Å². The van der Waals surface area contributed by atoms with Crippen LogP contribution >= 0.6 is 0 Å². The van der Waals surface area contributed by atoms with Crippen molar-refractivity contribution in [3.63, 3.8) is 0 Å². The summed E-state index contributed by atoms with van der Waals surface area (Å²) in [5.41, 5.74) is 4.04. The number of allylic oxidation sites excluding steroid dienone is 2. The number of carbonyl (C=O) groups is 1. The quantitative estimate of drug-likeness (QED) is 0.497. The molecule has 0 saturated heterocycles. The lowest BCUT2D eigenvalue weighted by molar-refractivity contribution is -0.107. The molecule has 1 heterocycles. The molecule has 4 heteroatoms. The zero-order chi connectivity index (χ0) is 21.8. The number of nitrogens with one attached hydrogen (secondary N) is 1. The zero-order valence-electron chi connectivity index (χ0n) is 18.4. The molecule has 0 spiro atoms. The van der Waals surface area contributed by atoms with Crippen molar-refractivity contribution in [3.8, 4) is 0 Å². The fourth-order valence-corrected chi connectivity index (χ4v) is 4.73. The molecule has 0 radical (unpaired) electrons. The van der Waals surface area contributed by atoms with Gasteiger partial charge in [-0.2, -0.15) is 0 Å². The number of rotatable bonds is 8. The van der Waals surface area contributed by atoms with E-state index in [0.717, 1.165) is 17.8 Å². The molecular weight excluding hydrogens is 372 g/mol. The summed E-state index contributed by atoms with van der Waals surface area (Å²) in [5, 5.41) is 11.8. The van der Waals surface area contributed by atoms with Gasteiger partial charge in [-0.15, -0.1) is 0 Å². The van der Waals surface area contributed by atoms with E-state index < -0.39 is 0 Å². The average molecular weight is 411 g/mol. The summed E-state index contributed by atoms with van der Waals surface area (Å²) in [5.74, 6) is 0.898. The lowest BCUT2D eigenvalue weighted by Crippen LogP contribution is -2.37. The molecule has 1 saturated carbocycles. The third-order valence-corrected chi connectivity index (χ3v) is 6.26. The van der Waals surface area contributed by atoms with Crippen LogP contribution in [0.5, 0.6) is 0 Å². The zero-order valence-corrected chi connectivity index (χ0v) is 18.4. The molecule has 0 bridgehead atoms. The van der Waals surface area contributed by atoms with Crippen LogP contribution in [0.3, 0.4) is 0 Å². The Bertz CT molecular complexity index is 707. The van der Waals surface area contributed by atoms with Crippen LogP contribution in [0.15, 0.2) is 61.2 Å². The molecule has 30 heavy (non-hydrogen) atoms. The number of hydrogen-bond donors (Lipinski definition) is 2. The Morgan fingerprint density at radius 3 is 2.63 bits per heavy atom. The third kappa shape index (κ3) is 6.76. The normalized spacial score (nSPS) is 21.0. The Balaban J connectivity index is 0.000000224. The van der Waals surface area contributed by atoms with Crippen molar-refractivity contribution in [1.82, 2.24) is 10.2 Å². The maximum atomic E-state index is 10.1. The Hall–Kier alpha value is -2.01. The van der Waals surface area contributed by atoms with Crippen molar-refractivity contribution in [2.24, 2.45) is 5.92 Å². The Morgan fingerprint density at radius 2 is 2.00 bits per heavy atom. The molecule has 1 fully saturated rings. The minimum absolute atomic E-state index is 0.0699. The summed E-state index contributed by atoms with van der Waals surface area (Å²) < 4.78 is 0. The molecule has 0 aromatic heterocycles. The highest BCUT2D eigenvalue weighted by Gasteiger charge is 2.31. The highest BCUT2D eigenvalue weighted by atomic mass is 16.3. The van der Waals surface area contributed by atoms with Crippen molar-refractivity contribution < 1.29 is 9.90 Å². The SMILES string of the molecule is C=C/C=C(\C=C)C(CO)NCC=O.CN1CCc2ccccc2C1C1CCCCC1. The molecule has 2 N–H and O–H groups in total. The Kier molecular flexibility index (Phi) is 10.8. The second-order valence-corrected chi connectivity index (χ2v) is 8.19. The maximum absolute atomic E-state index is 10.1. The third-order valence-electron chi connectivity index (χ3n) is 6.26. The number of carbonyl (C=O) groups excluding carboxylic acids is 1. The van der Waals surface area contributed by atoms with Gasteiger partial charge >= 0.3 is 0 Å². The summed E-state index contributed by atoms with van der Waals surface area (Å²) in [6.07, 6.45) is 14.2. The van der Waals surface area contributed by atoms with Crippen LogP contribution in [-0.4, -0.2) is 49.1 Å². The molecule has 1 aliphatic heterocycles. The van der Waals surface area contributed by atoms with Gasteiger partial charge in [0.15, 0.2) is 0 Å². The van der Waals surface area contributed by atoms with Gasteiger partial charge in [0, 0.05) is 12.6 Å². The summed E-state index contributed by atoms with van der Waals surface area (Å²) >= 11 is 0. The van der Waals surface area contributed by atoms with E-state index in [1.165, 1.54) is 45.1 Å². The monoisotopic (exact) mass is 410 g/mol. The Morgan fingerprint density at radius 1 is 1.27 bits per heavy atom. The average Bonchev–Trinajstić information content (AvgIpc) is 2.79. The first-order valence-electron chi connectivity index (χ1n) is 11.2. The predicted octanol–water partition coefficient (Wildman–Crippen LogP) is 4.23. The lowest BCUT2D eigenvalue weighted by Gasteiger charge is -2.41. The van der Waals surface area contributed by atoms with Gasteiger partial charge in [-0.05, 0) is 48.9 Å². The van der Waals surface area contributed by atoms with E-state index in [4.69, 9.17) is 5.11 Å². The lowest BCUT2D eigenvalue weighted by atomic mass is 9.77. The van der Waals surface area contributed by atoms with Crippen molar-refractivity contribution in [2.75, 3.05) is 26.7 Å².